The van der Waals surface area contributed by atoms with E-state index in [4.69, 9.17) is 9.72 Å². The molecule has 1 N–H and O–H groups in total. The maximum atomic E-state index is 14.6. The van der Waals surface area contributed by atoms with Crippen molar-refractivity contribution in [3.05, 3.63) is 88.9 Å². The van der Waals surface area contributed by atoms with Crippen molar-refractivity contribution in [2.45, 2.75) is 6.61 Å². The highest BCUT2D eigenvalue weighted by molar-refractivity contribution is 7.09. The summed E-state index contributed by atoms with van der Waals surface area (Å²) in [4.78, 5) is 14.6. The summed E-state index contributed by atoms with van der Waals surface area (Å²) in [6.07, 6.45) is 3.36. The zero-order valence-electron chi connectivity index (χ0n) is 17.5. The summed E-state index contributed by atoms with van der Waals surface area (Å²) < 4.78 is 34.7. The minimum atomic E-state index is -0.917. The van der Waals surface area contributed by atoms with E-state index < -0.39 is 11.6 Å². The molecule has 0 fully saturated rings. The molecule has 8 heteroatoms. The lowest BCUT2D eigenvalue weighted by atomic mass is 10.0. The maximum absolute atomic E-state index is 14.6. The van der Waals surface area contributed by atoms with Crippen LogP contribution in [-0.4, -0.2) is 22.0 Å². The lowest BCUT2D eigenvalue weighted by Crippen LogP contribution is -2.02. The molecule has 0 aliphatic heterocycles. The van der Waals surface area contributed by atoms with Crippen molar-refractivity contribution in [2.75, 3.05) is 12.4 Å². The second-order valence-electron chi connectivity index (χ2n) is 7.23. The summed E-state index contributed by atoms with van der Waals surface area (Å²) in [5.74, 6) is -0.363. The van der Waals surface area contributed by atoms with E-state index in [1.165, 1.54) is 12.1 Å². The van der Waals surface area contributed by atoms with E-state index in [0.29, 0.717) is 40.5 Å². The predicted molar refractivity (Wildman–Crippen MR) is 126 cm³/mol. The van der Waals surface area contributed by atoms with Gasteiger partial charge in [0.1, 0.15) is 23.7 Å². The highest BCUT2D eigenvalue weighted by atomic mass is 32.1. The van der Waals surface area contributed by atoms with Crippen LogP contribution in [0.3, 0.4) is 0 Å². The molecule has 0 unspecified atom stereocenters. The van der Waals surface area contributed by atoms with Crippen LogP contribution in [0.4, 0.5) is 14.6 Å². The van der Waals surface area contributed by atoms with Gasteiger partial charge in [0.2, 0.25) is 0 Å². The minimum absolute atomic E-state index is 0.135. The van der Waals surface area contributed by atoms with Crippen LogP contribution in [-0.2, 0) is 6.61 Å². The fraction of sp³-hybridized carbons (Fsp3) is 0.0800. The molecule has 2 aromatic carbocycles. The number of benzene rings is 2. The minimum Gasteiger partial charge on any atom is -0.486 e. The first-order valence-electron chi connectivity index (χ1n) is 10.2. The molecular weight excluding hydrogens is 442 g/mol. The van der Waals surface area contributed by atoms with E-state index in [-0.39, 0.29) is 5.56 Å². The molecule has 0 bridgehead atoms. The first-order valence-corrected chi connectivity index (χ1v) is 11.1. The molecule has 0 radical (unpaired) electrons. The van der Waals surface area contributed by atoms with Gasteiger partial charge in [-0.25, -0.2) is 18.7 Å². The van der Waals surface area contributed by atoms with Crippen LogP contribution < -0.4 is 10.1 Å². The Morgan fingerprint density at radius 3 is 2.67 bits per heavy atom. The highest BCUT2D eigenvalue weighted by Crippen LogP contribution is 2.37. The van der Waals surface area contributed by atoms with Crippen LogP contribution in [0.1, 0.15) is 4.88 Å². The number of nitrogens with zero attached hydrogens (tertiary/aromatic N) is 3. The largest absolute Gasteiger partial charge is 0.486 e. The zero-order valence-corrected chi connectivity index (χ0v) is 18.4. The van der Waals surface area contributed by atoms with Crippen LogP contribution in [0.15, 0.2) is 72.4 Å². The Morgan fingerprint density at radius 1 is 1.00 bits per heavy atom. The summed E-state index contributed by atoms with van der Waals surface area (Å²) in [5.41, 5.74) is 1.91. The number of hydrogen-bond donors (Lipinski definition) is 1. The first-order chi connectivity index (χ1) is 16.1. The van der Waals surface area contributed by atoms with E-state index in [1.807, 2.05) is 29.6 Å². The number of anilines is 1. The number of pyridine rings is 1. The van der Waals surface area contributed by atoms with E-state index >= 15 is 0 Å². The molecule has 164 valence electrons. The SMILES string of the molecule is CNc1nc(-c2cccnc2)nc2c(OCc3cccs3)cc(-c3cccc(F)c3F)cc12. The molecule has 0 spiro atoms. The quantitative estimate of drug-likeness (QED) is 0.321. The van der Waals surface area contributed by atoms with Crippen molar-refractivity contribution in [3.63, 3.8) is 0 Å². The van der Waals surface area contributed by atoms with Crippen molar-refractivity contribution in [3.8, 4) is 28.3 Å². The average molecular weight is 461 g/mol. The number of rotatable bonds is 6. The molecule has 0 atom stereocenters. The third kappa shape index (κ3) is 4.12. The van der Waals surface area contributed by atoms with Crippen molar-refractivity contribution in [2.24, 2.45) is 0 Å². The molecule has 3 aromatic heterocycles. The van der Waals surface area contributed by atoms with Gasteiger partial charge in [-0.15, -0.1) is 11.3 Å². The average Bonchev–Trinajstić information content (AvgIpc) is 3.38. The molecule has 33 heavy (non-hydrogen) atoms. The predicted octanol–water partition coefficient (Wildman–Crippen LogP) is 6.32. The van der Waals surface area contributed by atoms with Crippen LogP contribution in [0, 0.1) is 11.6 Å². The number of hydrogen-bond acceptors (Lipinski definition) is 6. The Hall–Kier alpha value is -3.91. The molecule has 5 aromatic rings. The number of thiophene rings is 1. The van der Waals surface area contributed by atoms with Gasteiger partial charge < -0.3 is 10.1 Å². The van der Waals surface area contributed by atoms with E-state index in [9.17, 15) is 8.78 Å². The number of ether oxygens (including phenoxy) is 1. The fourth-order valence-corrected chi connectivity index (χ4v) is 4.17. The molecule has 0 aliphatic carbocycles. The standard InChI is InChI=1S/C25H18F2N4OS/c1-28-25-19-11-16(18-7-2-8-20(26)22(18)27)12-21(32-14-17-6-4-10-33-17)23(19)30-24(31-25)15-5-3-9-29-13-15/h2-13H,14H2,1H3,(H,28,30,31). The van der Waals surface area contributed by atoms with Gasteiger partial charge >= 0.3 is 0 Å². The molecule has 5 nitrogen and oxygen atoms in total. The van der Waals surface area contributed by atoms with Crippen molar-refractivity contribution >= 4 is 28.1 Å². The molecule has 3 heterocycles. The summed E-state index contributed by atoms with van der Waals surface area (Å²) in [6, 6.07) is 15.1. The number of fused-ring (bicyclic) bond motifs is 1. The van der Waals surface area contributed by atoms with Crippen LogP contribution >= 0.6 is 11.3 Å². The normalized spacial score (nSPS) is 11.0. The molecule has 0 saturated carbocycles. The van der Waals surface area contributed by atoms with Crippen LogP contribution in [0.2, 0.25) is 0 Å². The van der Waals surface area contributed by atoms with Gasteiger partial charge in [0.15, 0.2) is 17.5 Å². The van der Waals surface area contributed by atoms with Crippen LogP contribution in [0.5, 0.6) is 5.75 Å². The number of nitrogens with one attached hydrogen (secondary N) is 1. The zero-order chi connectivity index (χ0) is 22.8. The Morgan fingerprint density at radius 2 is 1.91 bits per heavy atom. The lowest BCUT2D eigenvalue weighted by molar-refractivity contribution is 0.313. The van der Waals surface area contributed by atoms with Gasteiger partial charge in [0, 0.05) is 40.8 Å². The summed E-state index contributed by atoms with van der Waals surface area (Å²) >= 11 is 1.57. The van der Waals surface area contributed by atoms with Gasteiger partial charge in [-0.1, -0.05) is 18.2 Å². The highest BCUT2D eigenvalue weighted by Gasteiger charge is 2.18. The van der Waals surface area contributed by atoms with Gasteiger partial charge in [-0.3, -0.25) is 4.98 Å². The van der Waals surface area contributed by atoms with Crippen molar-refractivity contribution in [1.82, 2.24) is 15.0 Å². The fourth-order valence-electron chi connectivity index (χ4n) is 3.55. The Bertz CT molecular complexity index is 1430. The van der Waals surface area contributed by atoms with Gasteiger partial charge in [0.05, 0.1) is 0 Å². The summed E-state index contributed by atoms with van der Waals surface area (Å²) in [5, 5.41) is 5.69. The summed E-state index contributed by atoms with van der Waals surface area (Å²) in [6.45, 7) is 0.322. The smallest absolute Gasteiger partial charge is 0.166 e. The van der Waals surface area contributed by atoms with Crippen LogP contribution in [0.25, 0.3) is 33.4 Å². The Balaban J connectivity index is 1.73. The van der Waals surface area contributed by atoms with E-state index in [0.717, 1.165) is 16.5 Å². The number of halogens is 2. The molecule has 0 saturated heterocycles. The monoisotopic (exact) mass is 460 g/mol. The third-order valence-electron chi connectivity index (χ3n) is 5.13. The van der Waals surface area contributed by atoms with Gasteiger partial charge in [-0.2, -0.15) is 0 Å². The second-order valence-corrected chi connectivity index (χ2v) is 8.26. The van der Waals surface area contributed by atoms with Gasteiger partial charge in [-0.05, 0) is 47.3 Å². The first kappa shape index (κ1) is 21.0. The molecule has 5 rings (SSSR count). The van der Waals surface area contributed by atoms with Gasteiger partial charge in [0.25, 0.3) is 0 Å². The third-order valence-corrected chi connectivity index (χ3v) is 5.98. The molecular formula is C25H18F2N4OS. The number of aromatic nitrogens is 3. The van der Waals surface area contributed by atoms with Crippen molar-refractivity contribution in [1.29, 1.82) is 0 Å². The molecule has 0 amide bonds. The lowest BCUT2D eigenvalue weighted by Gasteiger charge is -2.15. The van der Waals surface area contributed by atoms with Crippen molar-refractivity contribution < 1.29 is 13.5 Å². The van der Waals surface area contributed by atoms with E-state index in [2.05, 4.69) is 15.3 Å². The maximum Gasteiger partial charge on any atom is 0.166 e. The van der Waals surface area contributed by atoms with E-state index in [1.54, 1.807) is 42.9 Å². The topological polar surface area (TPSA) is 59.9 Å². The second kappa shape index (κ2) is 8.91. The molecule has 0 aliphatic rings. The Kier molecular flexibility index (Phi) is 5.66. The summed E-state index contributed by atoms with van der Waals surface area (Å²) in [7, 11) is 1.75. The Labute approximate surface area is 192 Å².